The SMILES string of the molecule is O=C(N/N=C/c1ccc(OCc2cccc([N+](=O)[O-])c2)c(I)c1)C(O)(c1ccccc1)c1ccccc1. The Morgan fingerprint density at radius 3 is 2.22 bits per heavy atom. The van der Waals surface area contributed by atoms with Crippen LogP contribution in [0.15, 0.2) is 108 Å². The highest BCUT2D eigenvalue weighted by molar-refractivity contribution is 14.1. The molecule has 0 heterocycles. The Kier molecular flexibility index (Phi) is 8.26. The molecule has 9 heteroatoms. The Morgan fingerprint density at radius 1 is 0.973 bits per heavy atom. The number of aliphatic hydroxyl groups is 1. The van der Waals surface area contributed by atoms with Crippen LogP contribution in [0.3, 0.4) is 0 Å². The number of nitro benzene ring substituents is 1. The van der Waals surface area contributed by atoms with Gasteiger partial charge in [0.15, 0.2) is 5.60 Å². The lowest BCUT2D eigenvalue weighted by Gasteiger charge is -2.27. The summed E-state index contributed by atoms with van der Waals surface area (Å²) in [5, 5.41) is 26.5. The number of benzene rings is 4. The molecule has 4 rings (SSSR count). The Balaban J connectivity index is 1.44. The number of hydrazone groups is 1. The Morgan fingerprint density at radius 2 is 1.62 bits per heavy atom. The lowest BCUT2D eigenvalue weighted by Crippen LogP contribution is -2.43. The number of hydrogen-bond acceptors (Lipinski definition) is 6. The van der Waals surface area contributed by atoms with Crippen molar-refractivity contribution >= 4 is 40.4 Å². The van der Waals surface area contributed by atoms with Crippen LogP contribution < -0.4 is 10.2 Å². The van der Waals surface area contributed by atoms with Crippen molar-refractivity contribution in [3.8, 4) is 5.75 Å². The lowest BCUT2D eigenvalue weighted by molar-refractivity contribution is -0.384. The molecule has 4 aromatic rings. The molecule has 0 aromatic heterocycles. The molecule has 8 nitrogen and oxygen atoms in total. The number of hydrogen-bond donors (Lipinski definition) is 2. The van der Waals surface area contributed by atoms with Gasteiger partial charge in [0.25, 0.3) is 11.6 Å². The third-order valence-electron chi connectivity index (χ3n) is 5.56. The molecular formula is C28H22IN3O5. The van der Waals surface area contributed by atoms with E-state index in [0.29, 0.717) is 28.0 Å². The maximum absolute atomic E-state index is 13.1. The van der Waals surface area contributed by atoms with Gasteiger partial charge in [0.05, 0.1) is 14.7 Å². The van der Waals surface area contributed by atoms with E-state index in [-0.39, 0.29) is 12.3 Å². The summed E-state index contributed by atoms with van der Waals surface area (Å²) in [7, 11) is 0. The predicted molar refractivity (Wildman–Crippen MR) is 148 cm³/mol. The fourth-order valence-corrected chi connectivity index (χ4v) is 4.36. The number of nitro groups is 1. The number of rotatable bonds is 9. The van der Waals surface area contributed by atoms with Crippen molar-refractivity contribution in [2.24, 2.45) is 5.10 Å². The summed E-state index contributed by atoms with van der Waals surface area (Å²) >= 11 is 2.12. The first-order valence-electron chi connectivity index (χ1n) is 11.2. The molecule has 0 saturated heterocycles. The van der Waals surface area contributed by atoms with E-state index in [1.807, 2.05) is 18.2 Å². The van der Waals surface area contributed by atoms with Gasteiger partial charge < -0.3 is 9.84 Å². The van der Waals surface area contributed by atoms with Gasteiger partial charge >= 0.3 is 0 Å². The molecule has 0 aliphatic carbocycles. The average Bonchev–Trinajstić information content (AvgIpc) is 2.93. The van der Waals surface area contributed by atoms with E-state index >= 15 is 0 Å². The normalized spacial score (nSPS) is 11.3. The minimum atomic E-state index is -1.92. The monoisotopic (exact) mass is 607 g/mol. The number of carbonyl (C=O) groups excluding carboxylic acids is 1. The van der Waals surface area contributed by atoms with Crippen molar-refractivity contribution in [3.05, 3.63) is 139 Å². The van der Waals surface area contributed by atoms with Crippen LogP contribution in [0.25, 0.3) is 0 Å². The maximum atomic E-state index is 13.1. The summed E-state index contributed by atoms with van der Waals surface area (Å²) in [4.78, 5) is 23.6. The first-order valence-corrected chi connectivity index (χ1v) is 12.3. The molecule has 1 amide bonds. The van der Waals surface area contributed by atoms with E-state index in [2.05, 4.69) is 33.1 Å². The third-order valence-corrected chi connectivity index (χ3v) is 6.41. The summed E-state index contributed by atoms with van der Waals surface area (Å²) in [6.45, 7) is 0.179. The van der Waals surface area contributed by atoms with E-state index in [4.69, 9.17) is 4.74 Å². The van der Waals surface area contributed by atoms with E-state index in [1.54, 1.807) is 72.8 Å². The summed E-state index contributed by atoms with van der Waals surface area (Å²) in [5.41, 5.74) is 2.78. The fraction of sp³-hybridized carbons (Fsp3) is 0.0714. The number of amides is 1. The van der Waals surface area contributed by atoms with Gasteiger partial charge in [-0.25, -0.2) is 5.43 Å². The van der Waals surface area contributed by atoms with Crippen molar-refractivity contribution in [3.63, 3.8) is 0 Å². The largest absolute Gasteiger partial charge is 0.488 e. The van der Waals surface area contributed by atoms with E-state index in [0.717, 1.165) is 3.57 Å². The molecule has 0 atom stereocenters. The maximum Gasteiger partial charge on any atom is 0.281 e. The van der Waals surface area contributed by atoms with Gasteiger partial charge in [0, 0.05) is 12.1 Å². The van der Waals surface area contributed by atoms with Crippen molar-refractivity contribution < 1.29 is 19.6 Å². The highest BCUT2D eigenvalue weighted by atomic mass is 127. The van der Waals surface area contributed by atoms with Gasteiger partial charge in [0.1, 0.15) is 12.4 Å². The van der Waals surface area contributed by atoms with Crippen molar-refractivity contribution in [1.82, 2.24) is 5.43 Å². The van der Waals surface area contributed by atoms with E-state index in [9.17, 15) is 20.0 Å². The van der Waals surface area contributed by atoms with Crippen LogP contribution in [0.1, 0.15) is 22.3 Å². The molecule has 4 aromatic carbocycles. The van der Waals surface area contributed by atoms with Gasteiger partial charge in [-0.15, -0.1) is 0 Å². The second kappa shape index (κ2) is 11.8. The van der Waals surface area contributed by atoms with Gasteiger partial charge in [-0.2, -0.15) is 5.10 Å². The first-order chi connectivity index (χ1) is 17.9. The Bertz CT molecular complexity index is 1390. The summed E-state index contributed by atoms with van der Waals surface area (Å²) in [6, 6.07) is 29.0. The van der Waals surface area contributed by atoms with Crippen LogP contribution in [0.4, 0.5) is 5.69 Å². The number of non-ortho nitro benzene ring substituents is 1. The van der Waals surface area contributed by atoms with E-state index in [1.165, 1.54) is 18.3 Å². The zero-order valence-corrected chi connectivity index (χ0v) is 21.6. The number of ether oxygens (including phenoxy) is 1. The molecule has 0 aliphatic rings. The number of carbonyl (C=O) groups is 1. The van der Waals surface area contributed by atoms with Crippen molar-refractivity contribution in [2.45, 2.75) is 12.2 Å². The second-order valence-electron chi connectivity index (χ2n) is 8.05. The molecule has 0 saturated carbocycles. The predicted octanol–water partition coefficient (Wildman–Crippen LogP) is 5.16. The van der Waals surface area contributed by atoms with Gasteiger partial charge in [-0.05, 0) is 63.0 Å². The zero-order valence-electron chi connectivity index (χ0n) is 19.5. The minimum Gasteiger partial charge on any atom is -0.488 e. The molecule has 0 fully saturated rings. The van der Waals surface area contributed by atoms with E-state index < -0.39 is 16.4 Å². The Hall–Kier alpha value is -4.09. The highest BCUT2D eigenvalue weighted by Gasteiger charge is 2.39. The second-order valence-corrected chi connectivity index (χ2v) is 9.21. The number of nitrogens with one attached hydrogen (secondary N) is 1. The fourth-order valence-electron chi connectivity index (χ4n) is 3.67. The quantitative estimate of drug-likeness (QED) is 0.118. The molecule has 0 aliphatic heterocycles. The van der Waals surface area contributed by atoms with Gasteiger partial charge in [-0.3, -0.25) is 14.9 Å². The molecular weight excluding hydrogens is 585 g/mol. The van der Waals surface area contributed by atoms with Crippen LogP contribution in [0.5, 0.6) is 5.75 Å². The van der Waals surface area contributed by atoms with Crippen molar-refractivity contribution in [1.29, 1.82) is 0 Å². The molecule has 0 bridgehead atoms. The minimum absolute atomic E-state index is 0.0100. The summed E-state index contributed by atoms with van der Waals surface area (Å²) in [5.74, 6) is -0.0800. The lowest BCUT2D eigenvalue weighted by atomic mass is 9.85. The average molecular weight is 607 g/mol. The van der Waals surface area contributed by atoms with Crippen LogP contribution in [-0.2, 0) is 17.0 Å². The Labute approximate surface area is 226 Å². The zero-order chi connectivity index (χ0) is 26.3. The van der Waals surface area contributed by atoms with Crippen molar-refractivity contribution in [2.75, 3.05) is 0 Å². The van der Waals surface area contributed by atoms with Crippen LogP contribution in [0.2, 0.25) is 0 Å². The smallest absolute Gasteiger partial charge is 0.281 e. The van der Waals surface area contributed by atoms with Crippen LogP contribution in [-0.4, -0.2) is 22.2 Å². The summed E-state index contributed by atoms with van der Waals surface area (Å²) in [6.07, 6.45) is 1.47. The molecule has 186 valence electrons. The number of halogens is 1. The van der Waals surface area contributed by atoms with Crippen LogP contribution in [0, 0.1) is 13.7 Å². The highest BCUT2D eigenvalue weighted by Crippen LogP contribution is 2.30. The van der Waals surface area contributed by atoms with Gasteiger partial charge in [-0.1, -0.05) is 72.8 Å². The third kappa shape index (κ3) is 6.19. The summed E-state index contributed by atoms with van der Waals surface area (Å²) < 4.78 is 6.62. The van der Waals surface area contributed by atoms with Gasteiger partial charge in [0.2, 0.25) is 0 Å². The van der Waals surface area contributed by atoms with Crippen LogP contribution >= 0.6 is 22.6 Å². The topological polar surface area (TPSA) is 114 Å². The number of nitrogens with zero attached hydrogens (tertiary/aromatic N) is 2. The molecule has 37 heavy (non-hydrogen) atoms. The standard InChI is InChI=1S/C28H22IN3O5/c29-25-17-20(14-15-26(25)37-19-21-8-7-13-24(16-21)32(35)36)18-30-31-27(33)28(34,22-9-3-1-4-10-22)23-11-5-2-6-12-23/h1-18,34H,19H2,(H,31,33)/b30-18+. The molecule has 0 unspecified atom stereocenters. The molecule has 2 N–H and O–H groups in total. The first kappa shape index (κ1) is 26.0. The molecule has 0 spiro atoms. The molecule has 0 radical (unpaired) electrons.